The van der Waals surface area contributed by atoms with E-state index in [1.54, 1.807) is 0 Å². The molecular formula is C44H50O25. The van der Waals surface area contributed by atoms with Crippen LogP contribution in [0.1, 0.15) is 12.5 Å². The summed E-state index contributed by atoms with van der Waals surface area (Å²) >= 11 is 0. The van der Waals surface area contributed by atoms with E-state index in [1.165, 1.54) is 45.4 Å². The highest BCUT2D eigenvalue weighted by atomic mass is 16.8. The van der Waals surface area contributed by atoms with Crippen LogP contribution in [0, 0.1) is 0 Å². The number of aliphatic hydroxyl groups excluding tert-OH is 9. The molecule has 7 rings (SSSR count). The second-order valence-electron chi connectivity index (χ2n) is 16.1. The van der Waals surface area contributed by atoms with Crippen LogP contribution in [0.25, 0.3) is 28.4 Å². The summed E-state index contributed by atoms with van der Waals surface area (Å²) in [6.07, 6.45) is -25.0. The molecule has 3 fully saturated rings. The van der Waals surface area contributed by atoms with Crippen molar-refractivity contribution in [3.63, 3.8) is 0 Å². The highest BCUT2D eigenvalue weighted by Gasteiger charge is 2.52. The maximum absolute atomic E-state index is 14.5. The molecule has 15 unspecified atom stereocenters. The number of ether oxygens (including phenoxy) is 9. The second-order valence-corrected chi connectivity index (χ2v) is 16.1. The topological polar surface area (TPSA) is 393 Å². The SMILES string of the molecule is COc1cc(C=CC(=O)OCC2OC(OC3C(Oc4c(-c5ccc(O)c(O)c5)oc5cc(OC6OC(C)C(O)C(O)C6O)cc(O)c5c4=O)OC(CO)C(O)C3O)C(O)C(O)C2O)cc(OC)c1O. The zero-order valence-corrected chi connectivity index (χ0v) is 36.5. The first-order chi connectivity index (χ1) is 32.8. The third kappa shape index (κ3) is 10.3. The predicted octanol–water partition coefficient (Wildman–Crippen LogP) is -2.23. The summed E-state index contributed by atoms with van der Waals surface area (Å²) in [5, 5.41) is 137. The van der Waals surface area contributed by atoms with Gasteiger partial charge in [0.1, 0.15) is 90.1 Å². The number of benzene rings is 3. The molecule has 3 aliphatic heterocycles. The normalized spacial score (nSPS) is 31.6. The van der Waals surface area contributed by atoms with Crippen molar-refractivity contribution < 1.29 is 118 Å². The van der Waals surface area contributed by atoms with E-state index < -0.39 is 156 Å². The molecule has 15 atom stereocenters. The van der Waals surface area contributed by atoms with Gasteiger partial charge in [0.05, 0.1) is 26.9 Å². The number of carbonyl (C=O) groups excluding carboxylic acids is 1. The second kappa shape index (κ2) is 20.9. The van der Waals surface area contributed by atoms with Crippen molar-refractivity contribution in [2.45, 2.75) is 99.0 Å². The summed E-state index contributed by atoms with van der Waals surface area (Å²) in [5.74, 6) is -5.05. The Kier molecular flexibility index (Phi) is 15.4. The van der Waals surface area contributed by atoms with E-state index in [2.05, 4.69) is 0 Å². The van der Waals surface area contributed by atoms with Gasteiger partial charge in [0.25, 0.3) is 0 Å². The summed E-state index contributed by atoms with van der Waals surface area (Å²) in [7, 11) is 2.60. The molecule has 3 aromatic carbocycles. The first-order valence-electron chi connectivity index (χ1n) is 20.9. The summed E-state index contributed by atoms with van der Waals surface area (Å²) < 4.78 is 55.9. The molecule has 13 N–H and O–H groups in total. The molecule has 1 aromatic heterocycles. The standard InChI is InChI=1S/C44H50O25/c1-15-29(50)34(55)37(58)42(63-15)64-18-11-21(48)28-22(12-18)65-39(17-5-6-19(46)20(47)10-17)40(33(28)54)68-44-41(36(57)31(52)25(13-45)66-44)69-43-38(59)35(56)32(53)26(67-43)14-62-27(49)7-4-16-8-23(60-2)30(51)24(9-16)61-3/h4-12,15,25-26,29,31-32,34-38,41-48,50-53,55-59H,13-14H2,1-3H3. The number of methoxy groups -OCH3 is 2. The highest BCUT2D eigenvalue weighted by Crippen LogP contribution is 2.41. The number of aromatic hydroxyl groups is 4. The van der Waals surface area contributed by atoms with Gasteiger partial charge in [-0.1, -0.05) is 0 Å². The third-order valence-corrected chi connectivity index (χ3v) is 11.5. The van der Waals surface area contributed by atoms with Crippen molar-refractivity contribution in [2.24, 2.45) is 0 Å². The van der Waals surface area contributed by atoms with E-state index in [0.717, 1.165) is 30.3 Å². The van der Waals surface area contributed by atoms with Crippen LogP contribution in [0.3, 0.4) is 0 Å². The Morgan fingerprint density at radius 3 is 1.97 bits per heavy atom. The molecule has 4 aromatic rings. The summed E-state index contributed by atoms with van der Waals surface area (Å²) in [6.45, 7) is -0.337. The predicted molar refractivity (Wildman–Crippen MR) is 227 cm³/mol. The molecule has 25 heteroatoms. The number of hydrogen-bond donors (Lipinski definition) is 13. The summed E-state index contributed by atoms with van der Waals surface area (Å²) in [6, 6.07) is 7.89. The minimum atomic E-state index is -2.13. The van der Waals surface area contributed by atoms with Crippen molar-refractivity contribution in [3.05, 3.63) is 64.3 Å². The van der Waals surface area contributed by atoms with Crippen molar-refractivity contribution in [1.82, 2.24) is 0 Å². The van der Waals surface area contributed by atoms with Crippen LogP contribution in [0.2, 0.25) is 0 Å². The lowest BCUT2D eigenvalue weighted by atomic mass is 9.97. The molecule has 69 heavy (non-hydrogen) atoms. The molecule has 0 amide bonds. The average Bonchev–Trinajstić information content (AvgIpc) is 3.32. The first-order valence-corrected chi connectivity index (χ1v) is 20.9. The lowest BCUT2D eigenvalue weighted by Crippen LogP contribution is -2.65. The van der Waals surface area contributed by atoms with Crippen LogP contribution < -0.4 is 24.4 Å². The van der Waals surface area contributed by atoms with Crippen LogP contribution in [-0.2, 0) is 28.5 Å². The van der Waals surface area contributed by atoms with Crippen molar-refractivity contribution in [2.75, 3.05) is 27.4 Å². The van der Waals surface area contributed by atoms with E-state index in [-0.39, 0.29) is 28.6 Å². The number of esters is 1. The average molecular weight is 979 g/mol. The maximum atomic E-state index is 14.5. The van der Waals surface area contributed by atoms with Gasteiger partial charge in [0, 0.05) is 23.8 Å². The van der Waals surface area contributed by atoms with E-state index in [1.807, 2.05) is 0 Å². The van der Waals surface area contributed by atoms with Crippen LogP contribution >= 0.6 is 0 Å². The van der Waals surface area contributed by atoms with E-state index in [4.69, 9.17) is 47.0 Å². The summed E-state index contributed by atoms with van der Waals surface area (Å²) in [4.78, 5) is 27.2. The van der Waals surface area contributed by atoms with Crippen LogP contribution in [0.5, 0.6) is 46.0 Å². The number of phenols is 4. The lowest BCUT2D eigenvalue weighted by molar-refractivity contribution is -0.358. The number of aliphatic hydroxyl groups is 9. The van der Waals surface area contributed by atoms with Crippen LogP contribution in [-0.4, -0.2) is 192 Å². The zero-order chi connectivity index (χ0) is 50.2. The largest absolute Gasteiger partial charge is 0.507 e. The van der Waals surface area contributed by atoms with Crippen molar-refractivity contribution in [1.29, 1.82) is 0 Å². The zero-order valence-electron chi connectivity index (χ0n) is 36.5. The molecule has 376 valence electrons. The van der Waals surface area contributed by atoms with Gasteiger partial charge >= 0.3 is 5.97 Å². The number of fused-ring (bicyclic) bond motifs is 1. The number of rotatable bonds is 14. The molecule has 3 saturated heterocycles. The van der Waals surface area contributed by atoms with Gasteiger partial charge < -0.3 is 113 Å². The summed E-state index contributed by atoms with van der Waals surface area (Å²) in [5.41, 5.74) is -1.45. The molecule has 25 nitrogen and oxygen atoms in total. The fourth-order valence-corrected chi connectivity index (χ4v) is 7.65. The third-order valence-electron chi connectivity index (χ3n) is 11.5. The Bertz CT molecular complexity index is 2540. The molecule has 0 radical (unpaired) electrons. The van der Waals surface area contributed by atoms with Gasteiger partial charge in [-0.25, -0.2) is 4.79 Å². The molecular weight excluding hydrogens is 928 g/mol. The maximum Gasteiger partial charge on any atom is 0.330 e. The van der Waals surface area contributed by atoms with Crippen molar-refractivity contribution >= 4 is 23.0 Å². The smallest absolute Gasteiger partial charge is 0.330 e. The monoisotopic (exact) mass is 978 g/mol. The molecule has 0 aliphatic carbocycles. The fourth-order valence-electron chi connectivity index (χ4n) is 7.65. The van der Waals surface area contributed by atoms with Gasteiger partial charge in [-0.05, 0) is 48.9 Å². The molecule has 0 saturated carbocycles. The minimum Gasteiger partial charge on any atom is -0.507 e. The van der Waals surface area contributed by atoms with Gasteiger partial charge in [0.15, 0.2) is 41.2 Å². The van der Waals surface area contributed by atoms with Crippen LogP contribution in [0.15, 0.2) is 57.8 Å². The Morgan fingerprint density at radius 1 is 0.681 bits per heavy atom. The van der Waals surface area contributed by atoms with Gasteiger partial charge in [-0.3, -0.25) is 4.79 Å². The highest BCUT2D eigenvalue weighted by molar-refractivity contribution is 5.89. The van der Waals surface area contributed by atoms with Gasteiger partial charge in [-0.15, -0.1) is 0 Å². The minimum absolute atomic E-state index is 0.0354. The van der Waals surface area contributed by atoms with Crippen molar-refractivity contribution in [3.8, 4) is 57.3 Å². The Morgan fingerprint density at radius 2 is 1.32 bits per heavy atom. The quantitative estimate of drug-likeness (QED) is 0.0361. The van der Waals surface area contributed by atoms with E-state index in [0.29, 0.717) is 5.56 Å². The Hall–Kier alpha value is -6.04. The van der Waals surface area contributed by atoms with Crippen LogP contribution in [0.4, 0.5) is 0 Å². The molecule has 4 heterocycles. The Labute approximate surface area is 388 Å². The fraction of sp³-hybridized carbons (Fsp3) is 0.455. The van der Waals surface area contributed by atoms with E-state index >= 15 is 0 Å². The molecule has 0 bridgehead atoms. The Balaban J connectivity index is 1.18. The first kappa shape index (κ1) is 50.8. The molecule has 3 aliphatic rings. The number of carbonyl (C=O) groups is 1. The number of hydrogen-bond acceptors (Lipinski definition) is 25. The van der Waals surface area contributed by atoms with E-state index in [9.17, 15) is 76.0 Å². The molecule has 0 spiro atoms. The number of phenolic OH excluding ortho intramolecular Hbond substituents is 4. The van der Waals surface area contributed by atoms with Gasteiger partial charge in [-0.2, -0.15) is 0 Å². The lowest BCUT2D eigenvalue weighted by Gasteiger charge is -2.45. The van der Waals surface area contributed by atoms with Gasteiger partial charge in [0.2, 0.25) is 29.5 Å².